The fourth-order valence-electron chi connectivity index (χ4n) is 3.52. The van der Waals surface area contributed by atoms with Crippen molar-refractivity contribution in [1.82, 2.24) is 5.01 Å². The molecule has 1 aromatic rings. The summed E-state index contributed by atoms with van der Waals surface area (Å²) in [4.78, 5) is 21.2. The average molecular weight is 444 g/mol. The van der Waals surface area contributed by atoms with Crippen molar-refractivity contribution in [2.24, 2.45) is 21.0 Å². The Kier molecular flexibility index (Phi) is 5.01. The molecule has 4 rings (SSSR count). The maximum Gasteiger partial charge on any atom is 0.283 e. The molecule has 30 heavy (non-hydrogen) atoms. The summed E-state index contributed by atoms with van der Waals surface area (Å²) in [5.41, 5.74) is 3.79. The Hall–Kier alpha value is -2.59. The zero-order valence-electron chi connectivity index (χ0n) is 17.0. The van der Waals surface area contributed by atoms with Gasteiger partial charge in [0.25, 0.3) is 5.91 Å². The molecule has 0 radical (unpaired) electrons. The third kappa shape index (κ3) is 3.54. The number of hydrogen-bond acceptors (Lipinski definition) is 7. The molecule has 1 aromatic carbocycles. The van der Waals surface area contributed by atoms with Crippen LogP contribution >= 0.6 is 11.8 Å². The summed E-state index contributed by atoms with van der Waals surface area (Å²) in [6, 6.07) is 5.93. The number of allylic oxidation sites excluding steroid dienone is 1. The van der Waals surface area contributed by atoms with Gasteiger partial charge in [0.05, 0.1) is 17.0 Å². The normalized spacial score (nSPS) is 22.3. The van der Waals surface area contributed by atoms with Gasteiger partial charge in [0.15, 0.2) is 5.84 Å². The van der Waals surface area contributed by atoms with E-state index in [1.807, 2.05) is 32.0 Å². The molecule has 1 amide bonds. The second-order valence-electron chi connectivity index (χ2n) is 7.88. The van der Waals surface area contributed by atoms with Crippen molar-refractivity contribution in [2.75, 3.05) is 5.75 Å². The van der Waals surface area contributed by atoms with E-state index in [9.17, 15) is 13.2 Å². The van der Waals surface area contributed by atoms with Crippen LogP contribution in [0.25, 0.3) is 0 Å². The van der Waals surface area contributed by atoms with Crippen LogP contribution in [0.2, 0.25) is 0 Å². The molecule has 0 saturated heterocycles. The number of benzene rings is 1. The zero-order chi connectivity index (χ0) is 21.8. The first-order valence-electron chi connectivity index (χ1n) is 9.45. The number of nitrogens with one attached hydrogen (secondary N) is 1. The first kappa shape index (κ1) is 20.7. The highest BCUT2D eigenvalue weighted by Crippen LogP contribution is 2.38. The molecule has 0 fully saturated rings. The molecule has 0 bridgehead atoms. The van der Waals surface area contributed by atoms with E-state index in [0.29, 0.717) is 0 Å². The smallest absolute Gasteiger partial charge is 0.282 e. The van der Waals surface area contributed by atoms with E-state index in [0.717, 1.165) is 39.3 Å². The number of nitrogens with zero attached hydrogens (tertiary/aromatic N) is 4. The van der Waals surface area contributed by atoms with Crippen molar-refractivity contribution in [1.29, 1.82) is 5.41 Å². The Morgan fingerprint density at radius 1 is 1.27 bits per heavy atom. The summed E-state index contributed by atoms with van der Waals surface area (Å²) in [7, 11) is -3.61. The van der Waals surface area contributed by atoms with Gasteiger partial charge in [-0.05, 0) is 43.2 Å². The molecule has 0 saturated carbocycles. The van der Waals surface area contributed by atoms with Crippen molar-refractivity contribution in [3.63, 3.8) is 0 Å². The van der Waals surface area contributed by atoms with E-state index < -0.39 is 15.7 Å². The molecule has 8 nitrogen and oxygen atoms in total. The zero-order valence-corrected chi connectivity index (χ0v) is 18.6. The van der Waals surface area contributed by atoms with Crippen molar-refractivity contribution >= 4 is 54.3 Å². The van der Waals surface area contributed by atoms with Crippen LogP contribution < -0.4 is 0 Å². The van der Waals surface area contributed by atoms with E-state index >= 15 is 0 Å². The van der Waals surface area contributed by atoms with Crippen LogP contribution in [0.15, 0.2) is 44.9 Å². The van der Waals surface area contributed by atoms with Crippen molar-refractivity contribution in [2.45, 2.75) is 33.6 Å². The molecule has 3 heterocycles. The minimum atomic E-state index is -3.61. The summed E-state index contributed by atoms with van der Waals surface area (Å²) in [5, 5.41) is 13.8. The van der Waals surface area contributed by atoms with E-state index in [4.69, 9.17) is 5.41 Å². The predicted molar refractivity (Wildman–Crippen MR) is 120 cm³/mol. The van der Waals surface area contributed by atoms with Gasteiger partial charge >= 0.3 is 0 Å². The van der Waals surface area contributed by atoms with Gasteiger partial charge in [-0.15, -0.1) is 5.10 Å². The number of carbonyl (C=O) groups excluding carboxylic acids is 1. The highest BCUT2D eigenvalue weighted by molar-refractivity contribution is 8.42. The van der Waals surface area contributed by atoms with Gasteiger partial charge in [0.1, 0.15) is 0 Å². The number of amidine groups is 2. The van der Waals surface area contributed by atoms with Crippen molar-refractivity contribution in [3.05, 3.63) is 41.0 Å². The minimum Gasteiger partial charge on any atom is -0.282 e. The number of thioether (sulfide) groups is 1. The van der Waals surface area contributed by atoms with E-state index in [1.54, 1.807) is 19.9 Å². The van der Waals surface area contributed by atoms with Gasteiger partial charge in [-0.25, -0.2) is 8.42 Å². The van der Waals surface area contributed by atoms with Crippen LogP contribution in [0.3, 0.4) is 0 Å². The topological polar surface area (TPSA) is 115 Å². The number of carbonyl (C=O) groups is 1. The summed E-state index contributed by atoms with van der Waals surface area (Å²) < 4.78 is 24.9. The van der Waals surface area contributed by atoms with E-state index in [-0.39, 0.29) is 38.5 Å². The Morgan fingerprint density at radius 3 is 2.70 bits per heavy atom. The largest absolute Gasteiger partial charge is 0.283 e. The molecular weight excluding hydrogens is 422 g/mol. The maximum atomic E-state index is 12.7. The molecule has 1 N–H and O–H groups in total. The molecule has 10 heteroatoms. The lowest BCUT2D eigenvalue weighted by Gasteiger charge is -2.21. The lowest BCUT2D eigenvalue weighted by Crippen LogP contribution is -2.36. The summed E-state index contributed by atoms with van der Waals surface area (Å²) >= 11 is 0.812. The number of amides is 1. The number of fused-ring (bicyclic) bond motifs is 2. The fourth-order valence-corrected chi connectivity index (χ4v) is 6.30. The molecule has 0 aliphatic carbocycles. The lowest BCUT2D eigenvalue weighted by atomic mass is 9.92. The molecule has 0 aromatic heterocycles. The minimum absolute atomic E-state index is 0.0577. The number of aliphatic imine (C=N–C) groups is 2. The average Bonchev–Trinajstić information content (AvgIpc) is 3.19. The molecule has 3 aliphatic rings. The van der Waals surface area contributed by atoms with Crippen molar-refractivity contribution in [3.8, 4) is 0 Å². The summed E-state index contributed by atoms with van der Waals surface area (Å²) in [6.07, 6.45) is 1.68. The summed E-state index contributed by atoms with van der Waals surface area (Å²) in [5.74, 6) is -1.13. The highest BCUT2D eigenvalue weighted by Gasteiger charge is 2.40. The number of rotatable bonds is 3. The van der Waals surface area contributed by atoms with Crippen LogP contribution in [0, 0.1) is 18.3 Å². The first-order valence-corrected chi connectivity index (χ1v) is 11.9. The number of hydrazone groups is 1. The third-order valence-corrected chi connectivity index (χ3v) is 8.29. The first-order chi connectivity index (χ1) is 14.1. The lowest BCUT2D eigenvalue weighted by molar-refractivity contribution is -0.114. The van der Waals surface area contributed by atoms with Crippen LogP contribution in [-0.4, -0.2) is 46.2 Å². The standard InChI is InChI=1S/C20H21N5O3S2/c1-10(2)9-30(27,28)20-24-25-17(21)15(18(26)23-19(25)29-20)8-13-12(4)22-16-6-5-11(3)7-14(13)16/h5-8,10,13,21H,9H2,1-4H3/b15-8-,21-17?. The quantitative estimate of drug-likeness (QED) is 0.719. The molecular formula is C20H21N5O3S2. The van der Waals surface area contributed by atoms with Crippen molar-refractivity contribution < 1.29 is 13.2 Å². The second kappa shape index (κ2) is 7.28. The second-order valence-corrected chi connectivity index (χ2v) is 11.0. The van der Waals surface area contributed by atoms with Gasteiger partial charge in [-0.2, -0.15) is 10.0 Å². The van der Waals surface area contributed by atoms with Gasteiger partial charge < -0.3 is 0 Å². The molecule has 3 aliphatic heterocycles. The Balaban J connectivity index is 1.70. The van der Waals surface area contributed by atoms with Gasteiger partial charge in [-0.3, -0.25) is 15.2 Å². The monoisotopic (exact) mass is 443 g/mol. The third-order valence-electron chi connectivity index (χ3n) is 4.85. The maximum absolute atomic E-state index is 12.7. The molecule has 1 unspecified atom stereocenters. The van der Waals surface area contributed by atoms with Crippen LogP contribution in [0.5, 0.6) is 0 Å². The Bertz CT molecular complexity index is 1210. The number of aryl methyl sites for hydroxylation is 1. The van der Waals surface area contributed by atoms with Gasteiger partial charge in [0, 0.05) is 11.6 Å². The molecule has 156 valence electrons. The van der Waals surface area contributed by atoms with Crippen LogP contribution in [0.1, 0.15) is 37.8 Å². The van der Waals surface area contributed by atoms with Crippen LogP contribution in [0.4, 0.5) is 5.69 Å². The number of hydrogen-bond donors (Lipinski definition) is 1. The highest BCUT2D eigenvalue weighted by atomic mass is 32.3. The molecule has 1 atom stereocenters. The van der Waals surface area contributed by atoms with Gasteiger partial charge in [0.2, 0.25) is 19.4 Å². The predicted octanol–water partition coefficient (Wildman–Crippen LogP) is 3.38. The van der Waals surface area contributed by atoms with E-state index in [2.05, 4.69) is 15.1 Å². The van der Waals surface area contributed by atoms with E-state index in [1.165, 1.54) is 0 Å². The summed E-state index contributed by atoms with van der Waals surface area (Å²) in [6.45, 7) is 7.47. The molecule has 0 spiro atoms. The van der Waals surface area contributed by atoms with Crippen LogP contribution in [-0.2, 0) is 14.6 Å². The van der Waals surface area contributed by atoms with Gasteiger partial charge in [-0.1, -0.05) is 37.6 Å². The Labute approximate surface area is 179 Å². The fraction of sp³-hybridized carbons (Fsp3) is 0.350. The number of sulfone groups is 1. The Morgan fingerprint density at radius 2 is 2.00 bits per heavy atom. The SMILES string of the molecule is CC1=Nc2ccc(C)cc2C1/C=C1/C(=N)N2N=C(S(=O)(=O)CC(C)C)SC2=NC1=O.